The van der Waals surface area contributed by atoms with Crippen molar-refractivity contribution in [2.24, 2.45) is 0 Å². The number of halogens is 1. The number of nitrogens with one attached hydrogen (secondary N) is 1. The van der Waals surface area contributed by atoms with Crippen LogP contribution in [0, 0.1) is 0 Å². The van der Waals surface area contributed by atoms with Crippen LogP contribution in [0.1, 0.15) is 34.1 Å². The van der Waals surface area contributed by atoms with Crippen molar-refractivity contribution < 1.29 is 9.31 Å². The molecule has 2 aliphatic heterocycles. The zero-order valence-electron chi connectivity index (χ0n) is 10.0. The number of hydrogen-bond acceptors (Lipinski definition) is 3. The van der Waals surface area contributed by atoms with E-state index in [-0.39, 0.29) is 30.7 Å². The first kappa shape index (κ1) is 13.3. The van der Waals surface area contributed by atoms with E-state index in [4.69, 9.17) is 9.31 Å². The molecule has 0 amide bonds. The van der Waals surface area contributed by atoms with Gasteiger partial charge in [0, 0.05) is 5.82 Å². The van der Waals surface area contributed by atoms with Gasteiger partial charge in [0.05, 0.1) is 11.2 Å². The van der Waals surface area contributed by atoms with E-state index in [1.54, 1.807) is 0 Å². The quantitative estimate of drug-likeness (QED) is 0.702. The lowest BCUT2D eigenvalue weighted by Gasteiger charge is -2.32. The van der Waals surface area contributed by atoms with E-state index < -0.39 is 0 Å². The van der Waals surface area contributed by atoms with Crippen molar-refractivity contribution in [2.75, 3.05) is 13.1 Å². The monoisotopic (exact) mass is 233 g/mol. The minimum atomic E-state index is -0.180. The third kappa shape index (κ3) is 2.33. The average Bonchev–Trinajstić information content (AvgIpc) is 2.58. The van der Waals surface area contributed by atoms with Gasteiger partial charge in [-0.25, -0.2) is 0 Å². The zero-order chi connectivity index (χ0) is 10.4. The minimum Gasteiger partial charge on any atom is -0.403 e. The zero-order valence-corrected chi connectivity index (χ0v) is 10.8. The summed E-state index contributed by atoms with van der Waals surface area (Å²) in [7, 11) is -0.0185. The second-order valence-corrected chi connectivity index (χ2v) is 5.38. The van der Waals surface area contributed by atoms with E-state index in [0.29, 0.717) is 5.82 Å². The minimum absolute atomic E-state index is 0. The smallest absolute Gasteiger partial charge is 0.403 e. The van der Waals surface area contributed by atoms with Crippen LogP contribution in [0.2, 0.25) is 5.82 Å². The second kappa shape index (κ2) is 4.25. The molecule has 2 saturated heterocycles. The highest BCUT2D eigenvalue weighted by Gasteiger charge is 2.53. The van der Waals surface area contributed by atoms with Gasteiger partial charge >= 0.3 is 7.12 Å². The molecule has 0 aliphatic carbocycles. The van der Waals surface area contributed by atoms with Crippen molar-refractivity contribution in [2.45, 2.75) is 51.1 Å². The Hall–Kier alpha value is 0.235. The Labute approximate surface area is 98.8 Å². The average molecular weight is 234 g/mol. The van der Waals surface area contributed by atoms with Crippen molar-refractivity contribution in [3.63, 3.8) is 0 Å². The summed E-state index contributed by atoms with van der Waals surface area (Å²) in [4.78, 5) is 0. The van der Waals surface area contributed by atoms with Gasteiger partial charge in [0.1, 0.15) is 0 Å². The van der Waals surface area contributed by atoms with Gasteiger partial charge in [0.2, 0.25) is 0 Å². The predicted molar refractivity (Wildman–Crippen MR) is 64.6 cm³/mol. The van der Waals surface area contributed by atoms with Gasteiger partial charge in [-0.2, -0.15) is 0 Å². The van der Waals surface area contributed by atoms with E-state index in [2.05, 4.69) is 33.0 Å². The molecule has 2 heterocycles. The Morgan fingerprint density at radius 2 is 1.67 bits per heavy atom. The molecule has 0 radical (unpaired) electrons. The fourth-order valence-corrected chi connectivity index (χ4v) is 1.99. The fourth-order valence-electron chi connectivity index (χ4n) is 1.99. The molecular formula is C10H21BClNO2. The molecule has 0 aromatic heterocycles. The van der Waals surface area contributed by atoms with Crippen molar-refractivity contribution in [3.8, 4) is 0 Å². The maximum Gasteiger partial charge on any atom is 0.462 e. The maximum absolute atomic E-state index is 5.99. The SMILES string of the molecule is CC1(C)OB(C2CCNC2)OC1(C)C.Cl. The van der Waals surface area contributed by atoms with E-state index in [1.165, 1.54) is 0 Å². The van der Waals surface area contributed by atoms with E-state index >= 15 is 0 Å². The Kier molecular flexibility index (Phi) is 3.76. The third-order valence-corrected chi connectivity index (χ3v) is 3.75. The largest absolute Gasteiger partial charge is 0.462 e. The molecule has 0 spiro atoms. The topological polar surface area (TPSA) is 30.5 Å². The van der Waals surface area contributed by atoms with Gasteiger partial charge in [-0.1, -0.05) is 0 Å². The second-order valence-electron chi connectivity index (χ2n) is 5.38. The van der Waals surface area contributed by atoms with Crippen molar-refractivity contribution in [3.05, 3.63) is 0 Å². The standard InChI is InChI=1S/C10H20BNO2.ClH/c1-9(2)10(3,4)14-11(13-9)8-5-6-12-7-8;/h8,12H,5-7H2,1-4H3;1H. The van der Waals surface area contributed by atoms with Gasteiger partial charge in [-0.3, -0.25) is 0 Å². The first-order valence-corrected chi connectivity index (χ1v) is 5.49. The normalized spacial score (nSPS) is 32.8. The lowest BCUT2D eigenvalue weighted by atomic mass is 9.71. The molecule has 5 heteroatoms. The Morgan fingerprint density at radius 3 is 2.07 bits per heavy atom. The molecule has 2 aliphatic rings. The molecule has 0 bridgehead atoms. The van der Waals surface area contributed by atoms with Crippen LogP contribution in [-0.4, -0.2) is 31.4 Å². The summed E-state index contributed by atoms with van der Waals surface area (Å²) in [6.07, 6.45) is 1.16. The van der Waals surface area contributed by atoms with Crippen molar-refractivity contribution >= 4 is 19.5 Å². The Bertz CT molecular complexity index is 213. The summed E-state index contributed by atoms with van der Waals surface area (Å²) >= 11 is 0. The highest BCUT2D eigenvalue weighted by Crippen LogP contribution is 2.41. The molecule has 0 saturated carbocycles. The van der Waals surface area contributed by atoms with E-state index in [9.17, 15) is 0 Å². The van der Waals surface area contributed by atoms with Crippen molar-refractivity contribution in [1.82, 2.24) is 5.32 Å². The molecule has 0 aromatic carbocycles. The molecule has 15 heavy (non-hydrogen) atoms. The summed E-state index contributed by atoms with van der Waals surface area (Å²) in [5.41, 5.74) is -0.361. The van der Waals surface area contributed by atoms with E-state index in [0.717, 1.165) is 19.5 Å². The maximum atomic E-state index is 5.99. The first-order valence-electron chi connectivity index (χ1n) is 5.49. The third-order valence-electron chi connectivity index (χ3n) is 3.75. The number of rotatable bonds is 1. The van der Waals surface area contributed by atoms with Crippen LogP contribution in [0.15, 0.2) is 0 Å². The summed E-state index contributed by atoms with van der Waals surface area (Å²) in [5.74, 6) is 0.524. The van der Waals surface area contributed by atoms with Crippen LogP contribution < -0.4 is 5.32 Å². The van der Waals surface area contributed by atoms with Crippen LogP contribution in [0.5, 0.6) is 0 Å². The predicted octanol–water partition coefficient (Wildman–Crippen LogP) is 1.86. The lowest BCUT2D eigenvalue weighted by molar-refractivity contribution is 0.00578. The van der Waals surface area contributed by atoms with Crippen LogP contribution >= 0.6 is 12.4 Å². The van der Waals surface area contributed by atoms with Crippen LogP contribution in [-0.2, 0) is 9.31 Å². The molecule has 1 unspecified atom stereocenters. The molecule has 88 valence electrons. The fraction of sp³-hybridized carbons (Fsp3) is 1.00. The van der Waals surface area contributed by atoms with Gasteiger partial charge in [-0.15, -0.1) is 12.4 Å². The van der Waals surface area contributed by atoms with Gasteiger partial charge < -0.3 is 14.6 Å². The van der Waals surface area contributed by atoms with Gasteiger partial charge in [-0.05, 0) is 47.2 Å². The molecular weight excluding hydrogens is 212 g/mol. The molecule has 3 nitrogen and oxygen atoms in total. The molecule has 0 aromatic rings. The number of hydrogen-bond donors (Lipinski definition) is 1. The summed E-state index contributed by atoms with van der Waals surface area (Å²) < 4.78 is 12.0. The Morgan fingerprint density at radius 1 is 1.13 bits per heavy atom. The van der Waals surface area contributed by atoms with E-state index in [1.807, 2.05) is 0 Å². The highest BCUT2D eigenvalue weighted by molar-refractivity contribution is 6.47. The van der Waals surface area contributed by atoms with Crippen LogP contribution in [0.25, 0.3) is 0 Å². The lowest BCUT2D eigenvalue weighted by Crippen LogP contribution is -2.41. The van der Waals surface area contributed by atoms with Crippen LogP contribution in [0.4, 0.5) is 0 Å². The summed E-state index contributed by atoms with van der Waals surface area (Å²) in [6, 6.07) is 0. The first-order chi connectivity index (χ1) is 6.42. The highest BCUT2D eigenvalue weighted by atomic mass is 35.5. The molecule has 1 atom stereocenters. The molecule has 1 N–H and O–H groups in total. The van der Waals surface area contributed by atoms with Crippen molar-refractivity contribution in [1.29, 1.82) is 0 Å². The van der Waals surface area contributed by atoms with Gasteiger partial charge in [0.15, 0.2) is 0 Å². The molecule has 2 rings (SSSR count). The summed E-state index contributed by atoms with van der Waals surface area (Å²) in [6.45, 7) is 10.5. The van der Waals surface area contributed by atoms with Gasteiger partial charge in [0.25, 0.3) is 0 Å². The summed E-state index contributed by atoms with van der Waals surface area (Å²) in [5, 5.41) is 3.34. The van der Waals surface area contributed by atoms with Crippen LogP contribution in [0.3, 0.4) is 0 Å². The molecule has 2 fully saturated rings. The Balaban J connectivity index is 0.00000112.